The molecule has 4 nitrogen and oxygen atoms in total. The van der Waals surface area contributed by atoms with Crippen molar-refractivity contribution >= 4 is 17.5 Å². The lowest BCUT2D eigenvalue weighted by molar-refractivity contribution is 0.0880. The first kappa shape index (κ1) is 16.1. The van der Waals surface area contributed by atoms with Crippen molar-refractivity contribution in [3.05, 3.63) is 52.4 Å². The molecular weight excluding hydrogens is 312 g/mol. The summed E-state index contributed by atoms with van der Waals surface area (Å²) in [7, 11) is 0. The number of amides is 1. The van der Waals surface area contributed by atoms with Gasteiger partial charge < -0.3 is 9.84 Å². The molecule has 2 aromatic rings. The average molecular weight is 333 g/mol. The first-order valence-corrected chi connectivity index (χ1v) is 8.51. The van der Waals surface area contributed by atoms with Gasteiger partial charge in [-0.15, -0.1) is 0 Å². The van der Waals surface area contributed by atoms with Gasteiger partial charge in [-0.2, -0.15) is 0 Å². The van der Waals surface area contributed by atoms with Crippen LogP contribution >= 0.6 is 11.6 Å². The van der Waals surface area contributed by atoms with Crippen LogP contribution in [0.3, 0.4) is 0 Å². The highest BCUT2D eigenvalue weighted by molar-refractivity contribution is 6.30. The van der Waals surface area contributed by atoms with Crippen LogP contribution in [0.5, 0.6) is 0 Å². The minimum Gasteiger partial charge on any atom is -0.360 e. The normalized spacial score (nSPS) is 14.7. The van der Waals surface area contributed by atoms with E-state index in [1.807, 2.05) is 24.3 Å². The van der Waals surface area contributed by atoms with Crippen molar-refractivity contribution in [1.29, 1.82) is 0 Å². The van der Waals surface area contributed by atoms with E-state index < -0.39 is 5.54 Å². The van der Waals surface area contributed by atoms with E-state index >= 15 is 0 Å². The molecule has 1 aromatic heterocycles. The summed E-state index contributed by atoms with van der Waals surface area (Å²) in [5.74, 6) is 1.07. The Hall–Kier alpha value is -1.81. The lowest BCUT2D eigenvalue weighted by Gasteiger charge is -2.33. The molecule has 0 bridgehead atoms. The SMILES string of the molecule is CCC(CC)(NC(=O)c1cc(C2CC2)on1)c1ccc(Cl)cc1. The highest BCUT2D eigenvalue weighted by Crippen LogP contribution is 2.40. The van der Waals surface area contributed by atoms with Crippen molar-refractivity contribution in [3.8, 4) is 0 Å². The van der Waals surface area contributed by atoms with Crippen LogP contribution in [0.2, 0.25) is 5.02 Å². The Morgan fingerprint density at radius 1 is 1.30 bits per heavy atom. The fourth-order valence-corrected chi connectivity index (χ4v) is 3.04. The van der Waals surface area contributed by atoms with Gasteiger partial charge in [0, 0.05) is 17.0 Å². The molecule has 0 radical (unpaired) electrons. The zero-order valence-electron chi connectivity index (χ0n) is 13.4. The Kier molecular flexibility index (Phi) is 4.44. The summed E-state index contributed by atoms with van der Waals surface area (Å²) in [6.45, 7) is 4.13. The number of benzene rings is 1. The van der Waals surface area contributed by atoms with E-state index in [4.69, 9.17) is 16.1 Å². The number of carbonyl (C=O) groups excluding carboxylic acids is 1. The molecule has 1 aliphatic rings. The van der Waals surface area contributed by atoms with Crippen molar-refractivity contribution in [2.24, 2.45) is 0 Å². The standard InChI is InChI=1S/C18H21ClN2O2/c1-3-18(4-2,13-7-9-14(19)10-8-13)20-17(22)15-11-16(23-21-15)12-5-6-12/h7-12H,3-6H2,1-2H3,(H,20,22). The predicted molar refractivity (Wildman–Crippen MR) is 89.7 cm³/mol. The molecule has 5 heteroatoms. The van der Waals surface area contributed by atoms with Crippen LogP contribution in [-0.2, 0) is 5.54 Å². The monoisotopic (exact) mass is 332 g/mol. The third-order valence-corrected chi connectivity index (χ3v) is 4.95. The van der Waals surface area contributed by atoms with Gasteiger partial charge in [-0.25, -0.2) is 0 Å². The van der Waals surface area contributed by atoms with Crippen LogP contribution in [-0.4, -0.2) is 11.1 Å². The number of carbonyl (C=O) groups is 1. The van der Waals surface area contributed by atoms with Crippen LogP contribution in [0.15, 0.2) is 34.9 Å². The van der Waals surface area contributed by atoms with Gasteiger partial charge in [0.1, 0.15) is 5.76 Å². The van der Waals surface area contributed by atoms with Gasteiger partial charge in [0.2, 0.25) is 0 Å². The van der Waals surface area contributed by atoms with Crippen LogP contribution in [0, 0.1) is 0 Å². The number of aromatic nitrogens is 1. The minimum absolute atomic E-state index is 0.195. The van der Waals surface area contributed by atoms with Crippen molar-refractivity contribution in [2.75, 3.05) is 0 Å². The quantitative estimate of drug-likeness (QED) is 0.837. The first-order chi connectivity index (χ1) is 11.1. The maximum atomic E-state index is 12.6. The van der Waals surface area contributed by atoms with Crippen molar-refractivity contribution in [3.63, 3.8) is 0 Å². The van der Waals surface area contributed by atoms with Gasteiger partial charge in [0.05, 0.1) is 5.54 Å². The Balaban J connectivity index is 1.82. The molecule has 122 valence electrons. The Morgan fingerprint density at radius 3 is 2.52 bits per heavy atom. The van der Waals surface area contributed by atoms with Gasteiger partial charge in [-0.3, -0.25) is 4.79 Å². The van der Waals surface area contributed by atoms with Crippen LogP contribution in [0.1, 0.15) is 67.3 Å². The number of halogens is 1. The zero-order valence-corrected chi connectivity index (χ0v) is 14.2. The summed E-state index contributed by atoms with van der Waals surface area (Å²) >= 11 is 5.98. The smallest absolute Gasteiger partial charge is 0.274 e. The molecule has 0 atom stereocenters. The Labute approximate surface area is 141 Å². The molecule has 23 heavy (non-hydrogen) atoms. The molecule has 1 N–H and O–H groups in total. The molecule has 1 saturated carbocycles. The second-order valence-electron chi connectivity index (χ2n) is 6.14. The van der Waals surface area contributed by atoms with E-state index in [1.54, 1.807) is 6.07 Å². The maximum Gasteiger partial charge on any atom is 0.274 e. The lowest BCUT2D eigenvalue weighted by atomic mass is 9.84. The number of nitrogens with one attached hydrogen (secondary N) is 1. The van der Waals surface area contributed by atoms with Gasteiger partial charge in [0.25, 0.3) is 5.91 Å². The molecule has 0 saturated heterocycles. The molecule has 1 aromatic carbocycles. The molecular formula is C18H21ClN2O2. The van der Waals surface area contributed by atoms with Gasteiger partial charge in [-0.05, 0) is 43.4 Å². The fourth-order valence-electron chi connectivity index (χ4n) is 2.91. The molecule has 1 aliphatic carbocycles. The van der Waals surface area contributed by atoms with Crippen molar-refractivity contribution in [1.82, 2.24) is 10.5 Å². The number of hydrogen-bond donors (Lipinski definition) is 1. The predicted octanol–water partition coefficient (Wildman–Crippen LogP) is 4.65. The van der Waals surface area contributed by atoms with Crippen LogP contribution < -0.4 is 5.32 Å². The van der Waals surface area contributed by atoms with Gasteiger partial charge >= 0.3 is 0 Å². The van der Waals surface area contributed by atoms with Crippen LogP contribution in [0.25, 0.3) is 0 Å². The topological polar surface area (TPSA) is 55.1 Å². The maximum absolute atomic E-state index is 12.6. The summed E-state index contributed by atoms with van der Waals surface area (Å²) < 4.78 is 5.28. The molecule has 0 spiro atoms. The largest absolute Gasteiger partial charge is 0.360 e. The number of nitrogens with zero attached hydrogens (tertiary/aromatic N) is 1. The third kappa shape index (κ3) is 3.27. The molecule has 1 heterocycles. The highest BCUT2D eigenvalue weighted by Gasteiger charge is 2.33. The highest BCUT2D eigenvalue weighted by atomic mass is 35.5. The number of rotatable bonds is 6. The summed E-state index contributed by atoms with van der Waals surface area (Å²) in [4.78, 5) is 12.6. The zero-order chi connectivity index (χ0) is 16.4. The van der Waals surface area contributed by atoms with Crippen molar-refractivity contribution in [2.45, 2.75) is 51.0 Å². The Morgan fingerprint density at radius 2 is 1.96 bits per heavy atom. The fraction of sp³-hybridized carbons (Fsp3) is 0.444. The molecule has 0 aliphatic heterocycles. The van der Waals surface area contributed by atoms with Crippen LogP contribution in [0.4, 0.5) is 0 Å². The Bertz CT molecular complexity index is 685. The summed E-state index contributed by atoms with van der Waals surface area (Å²) in [5.41, 5.74) is 0.971. The van der Waals surface area contributed by atoms with E-state index in [-0.39, 0.29) is 5.91 Å². The summed E-state index contributed by atoms with van der Waals surface area (Å²) in [6, 6.07) is 9.40. The van der Waals surface area contributed by atoms with E-state index in [1.165, 1.54) is 0 Å². The molecule has 0 unspecified atom stereocenters. The van der Waals surface area contributed by atoms with E-state index in [9.17, 15) is 4.79 Å². The average Bonchev–Trinajstić information content (AvgIpc) is 3.30. The minimum atomic E-state index is -0.430. The lowest BCUT2D eigenvalue weighted by Crippen LogP contribution is -2.45. The molecule has 1 fully saturated rings. The summed E-state index contributed by atoms with van der Waals surface area (Å²) in [6.07, 6.45) is 3.80. The third-order valence-electron chi connectivity index (χ3n) is 4.70. The van der Waals surface area contributed by atoms with Gasteiger partial charge in [0.15, 0.2) is 5.69 Å². The molecule has 1 amide bonds. The van der Waals surface area contributed by atoms with E-state index in [2.05, 4.69) is 24.3 Å². The van der Waals surface area contributed by atoms with E-state index in [0.29, 0.717) is 16.6 Å². The second kappa shape index (κ2) is 6.36. The second-order valence-corrected chi connectivity index (χ2v) is 6.58. The number of hydrogen-bond acceptors (Lipinski definition) is 3. The van der Waals surface area contributed by atoms with E-state index in [0.717, 1.165) is 37.0 Å². The molecule has 3 rings (SSSR count). The first-order valence-electron chi connectivity index (χ1n) is 8.13. The summed E-state index contributed by atoms with van der Waals surface area (Å²) in [5, 5.41) is 7.77. The van der Waals surface area contributed by atoms with Crippen molar-refractivity contribution < 1.29 is 9.32 Å². The van der Waals surface area contributed by atoms with Gasteiger partial charge in [-0.1, -0.05) is 42.7 Å².